The Balaban J connectivity index is 1.38. The van der Waals surface area contributed by atoms with Gasteiger partial charge in [-0.15, -0.1) is 0 Å². The number of halogens is 2. The van der Waals surface area contributed by atoms with Crippen molar-refractivity contribution in [2.45, 2.75) is 13.0 Å². The minimum atomic E-state index is -0.848. The van der Waals surface area contributed by atoms with Crippen molar-refractivity contribution in [1.82, 2.24) is 4.98 Å². The maximum atomic E-state index is 13.3. The second kappa shape index (κ2) is 8.17. The van der Waals surface area contributed by atoms with Crippen molar-refractivity contribution in [3.8, 4) is 0 Å². The van der Waals surface area contributed by atoms with Gasteiger partial charge in [0.2, 0.25) is 0 Å². The summed E-state index contributed by atoms with van der Waals surface area (Å²) in [5.74, 6) is -0.839. The summed E-state index contributed by atoms with van der Waals surface area (Å²) in [4.78, 5) is 2.93. The SMILES string of the molecule is Fc1cc2[nH]cc(NSCCCOCc3ccccc3)c2cc1F. The van der Waals surface area contributed by atoms with E-state index in [2.05, 4.69) is 9.71 Å². The smallest absolute Gasteiger partial charge is 0.160 e. The van der Waals surface area contributed by atoms with Gasteiger partial charge in [-0.25, -0.2) is 8.78 Å². The molecular weight excluding hydrogens is 330 g/mol. The Kier molecular flexibility index (Phi) is 5.72. The highest BCUT2D eigenvalue weighted by atomic mass is 32.2. The lowest BCUT2D eigenvalue weighted by Gasteiger charge is -2.06. The van der Waals surface area contributed by atoms with Crippen molar-refractivity contribution >= 4 is 28.5 Å². The molecule has 0 fully saturated rings. The molecular formula is C18H18F2N2OS. The molecule has 0 unspecified atom stereocenters. The van der Waals surface area contributed by atoms with E-state index in [4.69, 9.17) is 4.74 Å². The average Bonchev–Trinajstić information content (AvgIpc) is 2.97. The molecule has 0 atom stereocenters. The second-order valence-electron chi connectivity index (χ2n) is 5.36. The van der Waals surface area contributed by atoms with Crippen molar-refractivity contribution in [1.29, 1.82) is 0 Å². The van der Waals surface area contributed by atoms with Crippen LogP contribution in [0.2, 0.25) is 0 Å². The molecule has 3 aromatic rings. The van der Waals surface area contributed by atoms with Crippen LogP contribution < -0.4 is 4.72 Å². The summed E-state index contributed by atoms with van der Waals surface area (Å²) in [6, 6.07) is 12.4. The van der Waals surface area contributed by atoms with Crippen LogP contribution in [0.15, 0.2) is 48.7 Å². The summed E-state index contributed by atoms with van der Waals surface area (Å²) >= 11 is 1.52. The maximum absolute atomic E-state index is 13.3. The number of fused-ring (bicyclic) bond motifs is 1. The quantitative estimate of drug-likeness (QED) is 0.439. The number of nitrogens with one attached hydrogen (secondary N) is 2. The van der Waals surface area contributed by atoms with Crippen molar-refractivity contribution in [3.05, 3.63) is 65.9 Å². The molecule has 1 heterocycles. The van der Waals surface area contributed by atoms with E-state index in [9.17, 15) is 8.78 Å². The highest BCUT2D eigenvalue weighted by Crippen LogP contribution is 2.27. The van der Waals surface area contributed by atoms with Crippen molar-refractivity contribution in [3.63, 3.8) is 0 Å². The molecule has 0 saturated heterocycles. The summed E-state index contributed by atoms with van der Waals surface area (Å²) in [6.45, 7) is 1.30. The number of benzene rings is 2. The zero-order chi connectivity index (χ0) is 16.8. The number of hydrogen-bond donors (Lipinski definition) is 2. The molecule has 2 aromatic carbocycles. The van der Waals surface area contributed by atoms with Crippen LogP contribution in [0.3, 0.4) is 0 Å². The molecule has 3 nitrogen and oxygen atoms in total. The summed E-state index contributed by atoms with van der Waals surface area (Å²) in [5, 5.41) is 0.640. The molecule has 126 valence electrons. The van der Waals surface area contributed by atoms with Crippen LogP contribution in [0.4, 0.5) is 14.5 Å². The highest BCUT2D eigenvalue weighted by Gasteiger charge is 2.09. The number of aromatic amines is 1. The van der Waals surface area contributed by atoms with Gasteiger partial charge in [0.05, 0.1) is 17.8 Å². The summed E-state index contributed by atoms with van der Waals surface area (Å²) in [6.07, 6.45) is 2.61. The van der Waals surface area contributed by atoms with Crippen LogP contribution in [-0.4, -0.2) is 17.3 Å². The van der Waals surface area contributed by atoms with Gasteiger partial charge in [0.15, 0.2) is 11.6 Å². The van der Waals surface area contributed by atoms with Crippen LogP contribution >= 0.6 is 11.9 Å². The first kappa shape index (κ1) is 16.8. The molecule has 0 aliphatic heterocycles. The van der Waals surface area contributed by atoms with Gasteiger partial charge in [-0.05, 0) is 18.1 Å². The average molecular weight is 348 g/mol. The topological polar surface area (TPSA) is 37.0 Å². The van der Waals surface area contributed by atoms with Gasteiger partial charge in [0.25, 0.3) is 0 Å². The van der Waals surface area contributed by atoms with Gasteiger partial charge < -0.3 is 14.4 Å². The van der Waals surface area contributed by atoms with Crippen LogP contribution in [-0.2, 0) is 11.3 Å². The first-order valence-electron chi connectivity index (χ1n) is 7.69. The minimum Gasteiger partial charge on any atom is -0.377 e. The minimum absolute atomic E-state index is 0.572. The monoisotopic (exact) mass is 348 g/mol. The maximum Gasteiger partial charge on any atom is 0.160 e. The van der Waals surface area contributed by atoms with Crippen LogP contribution in [0.5, 0.6) is 0 Å². The number of aromatic nitrogens is 1. The van der Waals surface area contributed by atoms with E-state index in [1.54, 1.807) is 6.20 Å². The number of anilines is 1. The molecule has 0 saturated carbocycles. The van der Waals surface area contributed by atoms with E-state index < -0.39 is 11.6 Å². The molecule has 0 aliphatic carbocycles. The number of rotatable bonds is 8. The van der Waals surface area contributed by atoms with Gasteiger partial charge in [-0.1, -0.05) is 42.3 Å². The van der Waals surface area contributed by atoms with E-state index in [0.29, 0.717) is 24.1 Å². The van der Waals surface area contributed by atoms with E-state index in [1.165, 1.54) is 18.0 Å². The number of ether oxygens (including phenoxy) is 1. The van der Waals surface area contributed by atoms with Gasteiger partial charge in [0.1, 0.15) is 0 Å². The Bertz CT molecular complexity index is 792. The van der Waals surface area contributed by atoms with Crippen LogP contribution in [0.1, 0.15) is 12.0 Å². The van der Waals surface area contributed by atoms with Gasteiger partial charge in [-0.3, -0.25) is 0 Å². The Morgan fingerprint density at radius 1 is 1.08 bits per heavy atom. The Morgan fingerprint density at radius 3 is 2.71 bits per heavy atom. The normalized spacial score (nSPS) is 11.1. The Morgan fingerprint density at radius 2 is 1.88 bits per heavy atom. The molecule has 2 N–H and O–H groups in total. The fourth-order valence-corrected chi connectivity index (χ4v) is 3.02. The first-order chi connectivity index (χ1) is 11.7. The van der Waals surface area contributed by atoms with Crippen LogP contribution in [0.25, 0.3) is 10.9 Å². The highest BCUT2D eigenvalue weighted by molar-refractivity contribution is 8.00. The van der Waals surface area contributed by atoms with E-state index in [0.717, 1.165) is 29.5 Å². The fraction of sp³-hybridized carbons (Fsp3) is 0.222. The lowest BCUT2D eigenvalue weighted by molar-refractivity contribution is 0.122. The lowest BCUT2D eigenvalue weighted by atomic mass is 10.2. The van der Waals surface area contributed by atoms with E-state index in [1.807, 2.05) is 30.3 Å². The van der Waals surface area contributed by atoms with E-state index in [-0.39, 0.29) is 0 Å². The van der Waals surface area contributed by atoms with E-state index >= 15 is 0 Å². The van der Waals surface area contributed by atoms with Crippen molar-refractivity contribution in [2.75, 3.05) is 17.1 Å². The Labute approximate surface area is 143 Å². The largest absolute Gasteiger partial charge is 0.377 e. The fourth-order valence-electron chi connectivity index (χ4n) is 2.33. The molecule has 0 aliphatic rings. The van der Waals surface area contributed by atoms with Crippen molar-refractivity contribution in [2.24, 2.45) is 0 Å². The lowest BCUT2D eigenvalue weighted by Crippen LogP contribution is -1.98. The standard InChI is InChI=1S/C18H18F2N2OS/c19-15-9-14-17(10-16(15)20)21-11-18(14)22-24-8-4-7-23-12-13-5-2-1-3-6-13/h1-3,5-6,9-11,21-22H,4,7-8,12H2. The van der Waals surface area contributed by atoms with Gasteiger partial charge >= 0.3 is 0 Å². The second-order valence-corrected chi connectivity index (χ2v) is 6.26. The van der Waals surface area contributed by atoms with Gasteiger partial charge in [-0.2, -0.15) is 0 Å². The first-order valence-corrected chi connectivity index (χ1v) is 8.68. The molecule has 1 aromatic heterocycles. The predicted molar refractivity (Wildman–Crippen MR) is 95.0 cm³/mol. The number of hydrogen-bond acceptors (Lipinski definition) is 3. The third kappa shape index (κ3) is 4.27. The third-order valence-electron chi connectivity index (χ3n) is 3.55. The zero-order valence-electron chi connectivity index (χ0n) is 13.0. The molecule has 0 bridgehead atoms. The summed E-state index contributed by atoms with van der Waals surface area (Å²) in [5.41, 5.74) is 2.48. The predicted octanol–water partition coefficient (Wildman–Crippen LogP) is 5.11. The molecule has 0 radical (unpaired) electrons. The zero-order valence-corrected chi connectivity index (χ0v) is 13.8. The van der Waals surface area contributed by atoms with Crippen LogP contribution in [0, 0.1) is 11.6 Å². The summed E-state index contributed by atoms with van der Waals surface area (Å²) < 4.78 is 35.3. The molecule has 0 spiro atoms. The third-order valence-corrected chi connectivity index (χ3v) is 4.41. The molecule has 0 amide bonds. The molecule has 3 rings (SSSR count). The molecule has 24 heavy (non-hydrogen) atoms. The molecule has 6 heteroatoms. The Hall–Kier alpha value is -2.05. The van der Waals surface area contributed by atoms with Gasteiger partial charge in [0, 0.05) is 30.0 Å². The van der Waals surface area contributed by atoms with Crippen molar-refractivity contribution < 1.29 is 13.5 Å². The number of H-pyrrole nitrogens is 1. The summed E-state index contributed by atoms with van der Waals surface area (Å²) in [7, 11) is 0.